The fourth-order valence-electron chi connectivity index (χ4n) is 2.01. The van der Waals surface area contributed by atoms with Gasteiger partial charge in [0.15, 0.2) is 0 Å². The lowest BCUT2D eigenvalue weighted by atomic mass is 9.98. The first-order valence-electron chi connectivity index (χ1n) is 4.96. The Balaban J connectivity index is 2.18. The molecule has 0 saturated carbocycles. The summed E-state index contributed by atoms with van der Waals surface area (Å²) in [7, 11) is 0. The lowest BCUT2D eigenvalue weighted by Gasteiger charge is -2.26. The number of allylic oxidation sites excluding steroid dienone is 4. The number of carbonyl (C=O) groups excluding carboxylic acids is 1. The second-order valence-corrected chi connectivity index (χ2v) is 3.81. The van der Waals surface area contributed by atoms with Gasteiger partial charge in [-0.2, -0.15) is 0 Å². The lowest BCUT2D eigenvalue weighted by Crippen LogP contribution is -2.28. The fraction of sp³-hybridized carbons (Fsp3) is 0.545. The number of hydrogen-bond acceptors (Lipinski definition) is 1. The first-order valence-corrected chi connectivity index (χ1v) is 4.96. The van der Waals surface area contributed by atoms with Gasteiger partial charge in [-0.15, -0.1) is 0 Å². The predicted molar refractivity (Wildman–Crippen MR) is 52.0 cm³/mol. The summed E-state index contributed by atoms with van der Waals surface area (Å²) < 4.78 is 0. The number of carbonyl (C=O) groups is 1. The van der Waals surface area contributed by atoms with E-state index in [0.29, 0.717) is 11.8 Å². The minimum Gasteiger partial charge on any atom is -0.316 e. The quantitative estimate of drug-likeness (QED) is 0.600. The molecule has 2 rings (SSSR count). The smallest absolute Gasteiger partial charge is 0.226 e. The summed E-state index contributed by atoms with van der Waals surface area (Å²) in [5.74, 6) is 0.806. The average Bonchev–Trinajstić information content (AvgIpc) is 2.52. The van der Waals surface area contributed by atoms with E-state index in [4.69, 9.17) is 0 Å². The van der Waals surface area contributed by atoms with Gasteiger partial charge in [0.2, 0.25) is 5.91 Å². The highest BCUT2D eigenvalue weighted by Gasteiger charge is 2.26. The van der Waals surface area contributed by atoms with Gasteiger partial charge in [-0.05, 0) is 24.8 Å². The van der Waals surface area contributed by atoms with Crippen LogP contribution in [0, 0.1) is 5.92 Å². The van der Waals surface area contributed by atoms with E-state index in [0.717, 1.165) is 25.8 Å². The van der Waals surface area contributed by atoms with Crippen molar-refractivity contribution in [3.63, 3.8) is 0 Å². The van der Waals surface area contributed by atoms with Gasteiger partial charge in [0.1, 0.15) is 0 Å². The van der Waals surface area contributed by atoms with E-state index < -0.39 is 0 Å². The molecule has 1 heterocycles. The number of likely N-dealkylation sites (tertiary alicyclic amines) is 1. The molecule has 0 aromatic rings. The molecule has 0 aromatic heterocycles. The lowest BCUT2D eigenvalue weighted by molar-refractivity contribution is -0.126. The molecule has 1 aliphatic carbocycles. The van der Waals surface area contributed by atoms with Gasteiger partial charge < -0.3 is 4.90 Å². The van der Waals surface area contributed by atoms with Crippen LogP contribution in [-0.2, 0) is 4.79 Å². The summed E-state index contributed by atoms with van der Waals surface area (Å²) in [4.78, 5) is 13.4. The van der Waals surface area contributed by atoms with Gasteiger partial charge in [-0.1, -0.05) is 19.1 Å². The molecular weight excluding hydrogens is 162 g/mol. The number of amides is 1. The van der Waals surface area contributed by atoms with Crippen LogP contribution in [-0.4, -0.2) is 17.4 Å². The van der Waals surface area contributed by atoms with Gasteiger partial charge in [0.25, 0.3) is 0 Å². The van der Waals surface area contributed by atoms with Gasteiger partial charge >= 0.3 is 0 Å². The minimum atomic E-state index is 0.299. The Hall–Kier alpha value is -1.05. The van der Waals surface area contributed by atoms with Crippen molar-refractivity contribution in [1.82, 2.24) is 4.90 Å². The monoisotopic (exact) mass is 177 g/mol. The van der Waals surface area contributed by atoms with Gasteiger partial charge in [-0.3, -0.25) is 4.79 Å². The zero-order valence-corrected chi connectivity index (χ0v) is 7.99. The molecule has 0 radical (unpaired) electrons. The summed E-state index contributed by atoms with van der Waals surface area (Å²) in [6, 6.07) is 0. The molecule has 2 aliphatic rings. The van der Waals surface area contributed by atoms with Crippen molar-refractivity contribution in [3.8, 4) is 0 Å². The van der Waals surface area contributed by atoms with Crippen molar-refractivity contribution in [2.24, 2.45) is 5.92 Å². The molecule has 0 N–H and O–H groups in total. The Morgan fingerprint density at radius 2 is 2.38 bits per heavy atom. The van der Waals surface area contributed by atoms with Crippen LogP contribution < -0.4 is 0 Å². The number of rotatable bonds is 1. The maximum absolute atomic E-state index is 11.5. The Morgan fingerprint density at radius 1 is 1.54 bits per heavy atom. The Morgan fingerprint density at radius 3 is 3.00 bits per heavy atom. The summed E-state index contributed by atoms with van der Waals surface area (Å²) in [5, 5.41) is 0. The Kier molecular flexibility index (Phi) is 2.21. The third-order valence-electron chi connectivity index (χ3n) is 2.78. The molecule has 1 atom stereocenters. The second-order valence-electron chi connectivity index (χ2n) is 3.81. The normalized spacial score (nSPS) is 28.1. The van der Waals surface area contributed by atoms with Crippen molar-refractivity contribution in [2.75, 3.05) is 6.54 Å². The van der Waals surface area contributed by atoms with Crippen LogP contribution in [0.2, 0.25) is 0 Å². The first-order chi connectivity index (χ1) is 6.29. The van der Waals surface area contributed by atoms with Crippen molar-refractivity contribution < 1.29 is 4.79 Å². The van der Waals surface area contributed by atoms with E-state index >= 15 is 0 Å². The standard InChI is InChI=1S/C11H15NO/c1-9-5-2-3-6-10(9)12-8-4-7-11(12)13/h2-3,6,9H,4-5,7-8H2,1H3. The van der Waals surface area contributed by atoms with Crippen LogP contribution in [0.3, 0.4) is 0 Å². The second kappa shape index (κ2) is 3.36. The van der Waals surface area contributed by atoms with E-state index in [-0.39, 0.29) is 0 Å². The summed E-state index contributed by atoms with van der Waals surface area (Å²) in [6.45, 7) is 3.10. The molecule has 0 spiro atoms. The maximum Gasteiger partial charge on any atom is 0.226 e. The van der Waals surface area contributed by atoms with E-state index in [9.17, 15) is 4.79 Å². The molecule has 1 aliphatic heterocycles. The van der Waals surface area contributed by atoms with Crippen LogP contribution in [0.4, 0.5) is 0 Å². The highest BCUT2D eigenvalue weighted by molar-refractivity contribution is 5.80. The van der Waals surface area contributed by atoms with Gasteiger partial charge in [0, 0.05) is 18.7 Å². The molecular formula is C11H15NO. The average molecular weight is 177 g/mol. The number of hydrogen-bond donors (Lipinski definition) is 0. The van der Waals surface area contributed by atoms with Crippen LogP contribution in [0.15, 0.2) is 23.9 Å². The molecule has 70 valence electrons. The molecule has 1 fully saturated rings. The van der Waals surface area contributed by atoms with Crippen LogP contribution in [0.1, 0.15) is 26.2 Å². The SMILES string of the molecule is CC1CC=CC=C1N1CCCC1=O. The Bertz CT molecular complexity index is 278. The van der Waals surface area contributed by atoms with E-state index in [2.05, 4.69) is 25.2 Å². The van der Waals surface area contributed by atoms with Crippen LogP contribution in [0.5, 0.6) is 0 Å². The predicted octanol–water partition coefficient (Wildman–Crippen LogP) is 2.09. The summed E-state index contributed by atoms with van der Waals surface area (Å²) in [5.41, 5.74) is 1.21. The minimum absolute atomic E-state index is 0.299. The molecule has 1 unspecified atom stereocenters. The molecule has 1 amide bonds. The van der Waals surface area contributed by atoms with E-state index in [1.165, 1.54) is 5.70 Å². The van der Waals surface area contributed by atoms with Crippen LogP contribution in [0.25, 0.3) is 0 Å². The fourth-order valence-corrected chi connectivity index (χ4v) is 2.01. The summed E-state index contributed by atoms with van der Waals surface area (Å²) in [6.07, 6.45) is 9.11. The zero-order chi connectivity index (χ0) is 9.26. The number of nitrogens with zero attached hydrogens (tertiary/aromatic N) is 1. The molecule has 13 heavy (non-hydrogen) atoms. The van der Waals surface area contributed by atoms with Gasteiger partial charge in [0.05, 0.1) is 0 Å². The molecule has 2 heteroatoms. The first kappa shape index (κ1) is 8.54. The topological polar surface area (TPSA) is 20.3 Å². The molecule has 2 nitrogen and oxygen atoms in total. The zero-order valence-electron chi connectivity index (χ0n) is 7.99. The molecule has 0 bridgehead atoms. The maximum atomic E-state index is 11.5. The highest BCUT2D eigenvalue weighted by Crippen LogP contribution is 2.27. The largest absolute Gasteiger partial charge is 0.316 e. The third-order valence-corrected chi connectivity index (χ3v) is 2.78. The van der Waals surface area contributed by atoms with Crippen molar-refractivity contribution in [2.45, 2.75) is 26.2 Å². The molecule has 1 saturated heterocycles. The van der Waals surface area contributed by atoms with Crippen molar-refractivity contribution in [3.05, 3.63) is 23.9 Å². The highest BCUT2D eigenvalue weighted by atomic mass is 16.2. The Labute approximate surface area is 78.9 Å². The van der Waals surface area contributed by atoms with Crippen molar-refractivity contribution >= 4 is 5.91 Å². The van der Waals surface area contributed by atoms with E-state index in [1.807, 2.05) is 4.90 Å². The van der Waals surface area contributed by atoms with Gasteiger partial charge in [-0.25, -0.2) is 0 Å². The van der Waals surface area contributed by atoms with Crippen molar-refractivity contribution in [1.29, 1.82) is 0 Å². The summed E-state index contributed by atoms with van der Waals surface area (Å²) >= 11 is 0. The van der Waals surface area contributed by atoms with E-state index in [1.54, 1.807) is 0 Å². The molecule has 0 aromatic carbocycles. The van der Waals surface area contributed by atoms with Crippen LogP contribution >= 0.6 is 0 Å². The third kappa shape index (κ3) is 1.53.